The second kappa shape index (κ2) is 4.92. The monoisotopic (exact) mass is 214 g/mol. The van der Waals surface area contributed by atoms with E-state index in [-0.39, 0.29) is 18.1 Å². The molecule has 1 N–H and O–H groups in total. The summed E-state index contributed by atoms with van der Waals surface area (Å²) in [6.45, 7) is 3.59. The van der Waals surface area contributed by atoms with Gasteiger partial charge in [-0.25, -0.2) is 0 Å². The Balaban J connectivity index is 1.85. The molecular formula is C10H18N2O3. The largest absolute Gasteiger partial charge is 0.380 e. The highest BCUT2D eigenvalue weighted by Crippen LogP contribution is 2.14. The zero-order valence-electron chi connectivity index (χ0n) is 9.07. The first-order valence-electron chi connectivity index (χ1n) is 5.45. The van der Waals surface area contributed by atoms with Crippen LogP contribution in [0.25, 0.3) is 0 Å². The summed E-state index contributed by atoms with van der Waals surface area (Å²) in [5.41, 5.74) is 0. The van der Waals surface area contributed by atoms with E-state index in [1.807, 2.05) is 4.90 Å². The van der Waals surface area contributed by atoms with Gasteiger partial charge in [0.1, 0.15) is 6.10 Å². The maximum Gasteiger partial charge on any atom is 0.253 e. The zero-order valence-corrected chi connectivity index (χ0v) is 9.07. The van der Waals surface area contributed by atoms with Crippen molar-refractivity contribution in [3.63, 3.8) is 0 Å². The Hall–Kier alpha value is -0.650. The highest BCUT2D eigenvalue weighted by atomic mass is 16.5. The second-order valence-electron chi connectivity index (χ2n) is 3.99. The van der Waals surface area contributed by atoms with Gasteiger partial charge in [0.2, 0.25) is 0 Å². The van der Waals surface area contributed by atoms with Gasteiger partial charge in [0.15, 0.2) is 0 Å². The fourth-order valence-corrected chi connectivity index (χ4v) is 2.05. The molecule has 2 aliphatic rings. The van der Waals surface area contributed by atoms with E-state index in [4.69, 9.17) is 9.47 Å². The Labute approximate surface area is 89.7 Å². The minimum atomic E-state index is -0.297. The number of nitrogens with one attached hydrogen (secondary N) is 1. The molecule has 0 bridgehead atoms. The van der Waals surface area contributed by atoms with Gasteiger partial charge in [-0.1, -0.05) is 0 Å². The van der Waals surface area contributed by atoms with Gasteiger partial charge in [-0.2, -0.15) is 0 Å². The van der Waals surface area contributed by atoms with Crippen LogP contribution >= 0.6 is 0 Å². The first-order chi connectivity index (χ1) is 7.31. The first-order valence-corrected chi connectivity index (χ1v) is 5.45. The summed E-state index contributed by atoms with van der Waals surface area (Å²) >= 11 is 0. The van der Waals surface area contributed by atoms with Crippen molar-refractivity contribution in [2.24, 2.45) is 0 Å². The molecule has 2 fully saturated rings. The first kappa shape index (κ1) is 10.9. The van der Waals surface area contributed by atoms with Gasteiger partial charge in [-0.05, 0) is 6.42 Å². The Morgan fingerprint density at radius 3 is 3.07 bits per heavy atom. The van der Waals surface area contributed by atoms with Crippen LogP contribution < -0.4 is 5.32 Å². The summed E-state index contributed by atoms with van der Waals surface area (Å²) in [5, 5.41) is 3.16. The van der Waals surface area contributed by atoms with Crippen LogP contribution in [0.4, 0.5) is 0 Å². The summed E-state index contributed by atoms with van der Waals surface area (Å²) in [4.78, 5) is 13.8. The molecule has 2 heterocycles. The van der Waals surface area contributed by atoms with Crippen LogP contribution in [0.2, 0.25) is 0 Å². The topological polar surface area (TPSA) is 50.8 Å². The average Bonchev–Trinajstić information content (AvgIpc) is 2.78. The third-order valence-corrected chi connectivity index (χ3v) is 2.99. The molecular weight excluding hydrogens is 196 g/mol. The number of nitrogens with zero attached hydrogens (tertiary/aromatic N) is 1. The van der Waals surface area contributed by atoms with Crippen molar-refractivity contribution in [1.82, 2.24) is 10.2 Å². The van der Waals surface area contributed by atoms with E-state index in [9.17, 15) is 4.79 Å². The highest BCUT2D eigenvalue weighted by molar-refractivity contribution is 5.81. The summed E-state index contributed by atoms with van der Waals surface area (Å²) in [5.74, 6) is 0.0988. The molecule has 2 saturated heterocycles. The molecule has 2 rings (SSSR count). The lowest BCUT2D eigenvalue weighted by Crippen LogP contribution is -2.49. The van der Waals surface area contributed by atoms with Gasteiger partial charge >= 0.3 is 0 Å². The van der Waals surface area contributed by atoms with E-state index in [0.29, 0.717) is 19.7 Å². The van der Waals surface area contributed by atoms with E-state index in [2.05, 4.69) is 5.32 Å². The Bertz CT molecular complexity index is 229. The summed E-state index contributed by atoms with van der Waals surface area (Å²) in [6, 6.07) is 0. The molecule has 0 saturated carbocycles. The second-order valence-corrected chi connectivity index (χ2v) is 3.99. The van der Waals surface area contributed by atoms with E-state index < -0.39 is 0 Å². The fraction of sp³-hybridized carbons (Fsp3) is 0.900. The normalized spacial score (nSPS) is 31.9. The highest BCUT2D eigenvalue weighted by Gasteiger charge is 2.32. The number of amides is 1. The number of morpholine rings is 1. The van der Waals surface area contributed by atoms with Gasteiger partial charge in [0.25, 0.3) is 5.91 Å². The van der Waals surface area contributed by atoms with Gasteiger partial charge in [0, 0.05) is 33.3 Å². The zero-order chi connectivity index (χ0) is 10.7. The van der Waals surface area contributed by atoms with E-state index in [1.54, 1.807) is 7.11 Å². The van der Waals surface area contributed by atoms with E-state index in [0.717, 1.165) is 19.5 Å². The molecule has 0 spiro atoms. The van der Waals surface area contributed by atoms with Crippen molar-refractivity contribution in [1.29, 1.82) is 0 Å². The van der Waals surface area contributed by atoms with Gasteiger partial charge in [-0.3, -0.25) is 4.79 Å². The number of hydrogen-bond acceptors (Lipinski definition) is 4. The maximum absolute atomic E-state index is 12.0. The SMILES string of the molecule is CO[C@@H]1CCN(C(=O)[C@@H]2CNCCO2)C1. The van der Waals surface area contributed by atoms with E-state index >= 15 is 0 Å². The Morgan fingerprint density at radius 2 is 2.47 bits per heavy atom. The van der Waals surface area contributed by atoms with Crippen LogP contribution in [-0.4, -0.2) is 62.9 Å². The lowest BCUT2D eigenvalue weighted by molar-refractivity contribution is -0.144. The quantitative estimate of drug-likeness (QED) is 0.655. The van der Waals surface area contributed by atoms with Crippen LogP contribution in [0.3, 0.4) is 0 Å². The van der Waals surface area contributed by atoms with Gasteiger partial charge in [0.05, 0.1) is 12.7 Å². The molecule has 5 nitrogen and oxygen atoms in total. The molecule has 0 aromatic heterocycles. The lowest BCUT2D eigenvalue weighted by atomic mass is 10.2. The minimum Gasteiger partial charge on any atom is -0.380 e. The molecule has 15 heavy (non-hydrogen) atoms. The average molecular weight is 214 g/mol. The van der Waals surface area contributed by atoms with E-state index in [1.165, 1.54) is 0 Å². The molecule has 86 valence electrons. The maximum atomic E-state index is 12.0. The molecule has 0 aromatic carbocycles. The van der Waals surface area contributed by atoms with Crippen molar-refractivity contribution >= 4 is 5.91 Å². The molecule has 0 unspecified atom stereocenters. The molecule has 2 aliphatic heterocycles. The van der Waals surface area contributed by atoms with Crippen LogP contribution in [0, 0.1) is 0 Å². The van der Waals surface area contributed by atoms with Crippen LogP contribution in [0.1, 0.15) is 6.42 Å². The number of methoxy groups -OCH3 is 1. The Morgan fingerprint density at radius 1 is 1.60 bits per heavy atom. The molecule has 1 amide bonds. The Kier molecular flexibility index (Phi) is 3.56. The molecule has 0 aliphatic carbocycles. The van der Waals surface area contributed by atoms with Crippen molar-refractivity contribution in [2.75, 3.05) is 39.9 Å². The number of carbonyl (C=O) groups excluding carboxylic acids is 1. The number of carbonyl (C=O) groups is 1. The van der Waals surface area contributed by atoms with Crippen molar-refractivity contribution < 1.29 is 14.3 Å². The van der Waals surface area contributed by atoms with Gasteiger partial charge < -0.3 is 19.7 Å². The lowest BCUT2D eigenvalue weighted by Gasteiger charge is -2.27. The third kappa shape index (κ3) is 2.48. The number of likely N-dealkylation sites (tertiary alicyclic amines) is 1. The molecule has 0 radical (unpaired) electrons. The summed E-state index contributed by atoms with van der Waals surface area (Å²) in [6.07, 6.45) is 0.836. The van der Waals surface area contributed by atoms with Crippen LogP contribution in [-0.2, 0) is 14.3 Å². The van der Waals surface area contributed by atoms with Crippen LogP contribution in [0.15, 0.2) is 0 Å². The number of ether oxygens (including phenoxy) is 2. The summed E-state index contributed by atoms with van der Waals surface area (Å²) < 4.78 is 10.7. The predicted molar refractivity (Wildman–Crippen MR) is 54.6 cm³/mol. The minimum absolute atomic E-state index is 0.0988. The van der Waals surface area contributed by atoms with Crippen molar-refractivity contribution in [3.05, 3.63) is 0 Å². The number of hydrogen-bond donors (Lipinski definition) is 1. The third-order valence-electron chi connectivity index (χ3n) is 2.99. The summed E-state index contributed by atoms with van der Waals surface area (Å²) in [7, 11) is 1.69. The van der Waals surface area contributed by atoms with Crippen molar-refractivity contribution in [2.45, 2.75) is 18.6 Å². The smallest absolute Gasteiger partial charge is 0.253 e. The van der Waals surface area contributed by atoms with Crippen LogP contribution in [0.5, 0.6) is 0 Å². The number of rotatable bonds is 2. The molecule has 5 heteroatoms. The van der Waals surface area contributed by atoms with Crippen molar-refractivity contribution in [3.8, 4) is 0 Å². The predicted octanol–water partition coefficient (Wildman–Crippen LogP) is -0.778. The fourth-order valence-electron chi connectivity index (χ4n) is 2.05. The van der Waals surface area contributed by atoms with Gasteiger partial charge in [-0.15, -0.1) is 0 Å². The molecule has 0 aromatic rings. The standard InChI is InChI=1S/C10H18N2O3/c1-14-8-2-4-12(7-8)10(13)9-6-11-3-5-15-9/h8-9,11H,2-7H2,1H3/t8-,9+/m1/s1. The molecule has 2 atom stereocenters.